The Morgan fingerprint density at radius 1 is 1.36 bits per heavy atom. The van der Waals surface area contributed by atoms with Gasteiger partial charge in [0.1, 0.15) is 0 Å². The van der Waals surface area contributed by atoms with E-state index in [9.17, 15) is 4.79 Å². The zero-order valence-corrected chi connectivity index (χ0v) is 9.31. The van der Waals surface area contributed by atoms with Gasteiger partial charge in [-0.1, -0.05) is 23.7 Å². The van der Waals surface area contributed by atoms with E-state index in [0.717, 1.165) is 17.0 Å². The summed E-state index contributed by atoms with van der Waals surface area (Å²) in [5, 5.41) is 3.48. The summed E-state index contributed by atoms with van der Waals surface area (Å²) in [5.74, 6) is 0.197. The minimum absolute atomic E-state index is 0.0395. The molecule has 0 aliphatic heterocycles. The second-order valence-electron chi connectivity index (χ2n) is 2.88. The lowest BCUT2D eigenvalue weighted by atomic mass is 10.1. The molecule has 2 nitrogen and oxygen atoms in total. The van der Waals surface area contributed by atoms with E-state index in [1.54, 1.807) is 0 Å². The lowest BCUT2D eigenvalue weighted by Crippen LogP contribution is -2.26. The van der Waals surface area contributed by atoms with Crippen LogP contribution in [0.3, 0.4) is 0 Å². The van der Waals surface area contributed by atoms with Gasteiger partial charge in [0.25, 0.3) is 0 Å². The SMILES string of the molecule is O=C(CS)NCCc1ccc(Cl)cc1. The van der Waals surface area contributed by atoms with Crippen molar-refractivity contribution in [2.24, 2.45) is 0 Å². The maximum atomic E-state index is 10.8. The molecule has 0 saturated heterocycles. The van der Waals surface area contributed by atoms with Crippen LogP contribution in [-0.4, -0.2) is 18.2 Å². The average Bonchev–Trinajstić information content (AvgIpc) is 2.21. The highest BCUT2D eigenvalue weighted by atomic mass is 35.5. The quantitative estimate of drug-likeness (QED) is 0.760. The second kappa shape index (κ2) is 5.94. The van der Waals surface area contributed by atoms with Crippen molar-refractivity contribution in [1.82, 2.24) is 5.32 Å². The highest BCUT2D eigenvalue weighted by molar-refractivity contribution is 7.81. The summed E-state index contributed by atoms with van der Waals surface area (Å²) in [6, 6.07) is 7.60. The number of carbonyl (C=O) groups is 1. The van der Waals surface area contributed by atoms with Crippen LogP contribution in [0.2, 0.25) is 5.02 Å². The molecular weight excluding hydrogens is 218 g/mol. The number of hydrogen-bond donors (Lipinski definition) is 2. The van der Waals surface area contributed by atoms with Gasteiger partial charge in [-0.05, 0) is 24.1 Å². The first-order chi connectivity index (χ1) is 6.72. The van der Waals surface area contributed by atoms with Gasteiger partial charge in [0.2, 0.25) is 5.91 Å². The smallest absolute Gasteiger partial charge is 0.229 e. The largest absolute Gasteiger partial charge is 0.355 e. The summed E-state index contributed by atoms with van der Waals surface area (Å²) in [6.07, 6.45) is 0.816. The third kappa shape index (κ3) is 4.03. The van der Waals surface area contributed by atoms with E-state index in [2.05, 4.69) is 17.9 Å². The molecule has 0 aromatic heterocycles. The number of nitrogens with one attached hydrogen (secondary N) is 1. The predicted octanol–water partition coefficient (Wildman–Crippen LogP) is 1.93. The van der Waals surface area contributed by atoms with E-state index >= 15 is 0 Å². The van der Waals surface area contributed by atoms with Crippen molar-refractivity contribution in [3.63, 3.8) is 0 Å². The van der Waals surface area contributed by atoms with Gasteiger partial charge in [0, 0.05) is 11.6 Å². The van der Waals surface area contributed by atoms with E-state index in [-0.39, 0.29) is 11.7 Å². The van der Waals surface area contributed by atoms with Crippen molar-refractivity contribution >= 4 is 30.1 Å². The Morgan fingerprint density at radius 2 is 2.00 bits per heavy atom. The first-order valence-electron chi connectivity index (χ1n) is 4.34. The monoisotopic (exact) mass is 229 g/mol. The molecule has 0 aliphatic rings. The minimum atomic E-state index is -0.0395. The molecule has 0 bridgehead atoms. The van der Waals surface area contributed by atoms with Gasteiger partial charge < -0.3 is 5.32 Å². The number of halogens is 1. The molecule has 1 rings (SSSR count). The zero-order chi connectivity index (χ0) is 10.4. The molecular formula is C10H12ClNOS. The average molecular weight is 230 g/mol. The Bertz CT molecular complexity index is 299. The molecule has 0 spiro atoms. The van der Waals surface area contributed by atoms with Crippen molar-refractivity contribution in [2.45, 2.75) is 6.42 Å². The molecule has 0 saturated carbocycles. The lowest BCUT2D eigenvalue weighted by Gasteiger charge is -2.03. The van der Waals surface area contributed by atoms with Crippen LogP contribution in [0.1, 0.15) is 5.56 Å². The molecule has 0 unspecified atom stereocenters. The zero-order valence-electron chi connectivity index (χ0n) is 7.66. The van der Waals surface area contributed by atoms with Gasteiger partial charge >= 0.3 is 0 Å². The second-order valence-corrected chi connectivity index (χ2v) is 3.64. The maximum Gasteiger partial charge on any atom is 0.229 e. The van der Waals surface area contributed by atoms with Crippen LogP contribution in [0, 0.1) is 0 Å². The summed E-state index contributed by atoms with van der Waals surface area (Å²) in [6.45, 7) is 0.640. The molecule has 1 N–H and O–H groups in total. The van der Waals surface area contributed by atoms with Gasteiger partial charge in [0.15, 0.2) is 0 Å². The fourth-order valence-electron chi connectivity index (χ4n) is 1.05. The molecule has 0 aliphatic carbocycles. The summed E-state index contributed by atoms with van der Waals surface area (Å²) >= 11 is 9.60. The fraction of sp³-hybridized carbons (Fsp3) is 0.300. The molecule has 0 heterocycles. The molecule has 4 heteroatoms. The van der Waals surface area contributed by atoms with Crippen LogP contribution < -0.4 is 5.32 Å². The van der Waals surface area contributed by atoms with E-state index in [1.807, 2.05) is 24.3 Å². The van der Waals surface area contributed by atoms with Gasteiger partial charge in [0.05, 0.1) is 5.75 Å². The van der Waals surface area contributed by atoms with Crippen LogP contribution in [0.15, 0.2) is 24.3 Å². The Balaban J connectivity index is 2.31. The normalized spacial score (nSPS) is 9.86. The molecule has 1 aromatic rings. The Morgan fingerprint density at radius 3 is 2.57 bits per heavy atom. The molecule has 76 valence electrons. The fourth-order valence-corrected chi connectivity index (χ4v) is 1.29. The van der Waals surface area contributed by atoms with Gasteiger partial charge in [-0.2, -0.15) is 12.6 Å². The Labute approximate surface area is 94.1 Å². The van der Waals surface area contributed by atoms with E-state index < -0.39 is 0 Å². The highest BCUT2D eigenvalue weighted by Crippen LogP contribution is 2.09. The minimum Gasteiger partial charge on any atom is -0.355 e. The van der Waals surface area contributed by atoms with Crippen molar-refractivity contribution in [3.05, 3.63) is 34.9 Å². The third-order valence-electron chi connectivity index (χ3n) is 1.79. The summed E-state index contributed by atoms with van der Waals surface area (Å²) in [5.41, 5.74) is 1.16. The Kier molecular flexibility index (Phi) is 4.84. The molecule has 0 radical (unpaired) electrons. The molecule has 0 atom stereocenters. The van der Waals surface area contributed by atoms with Crippen LogP contribution in [0.25, 0.3) is 0 Å². The Hall–Kier alpha value is -0.670. The first kappa shape index (κ1) is 11.4. The molecule has 14 heavy (non-hydrogen) atoms. The predicted molar refractivity (Wildman–Crippen MR) is 62.0 cm³/mol. The van der Waals surface area contributed by atoms with Gasteiger partial charge in [-0.15, -0.1) is 0 Å². The number of thiol groups is 1. The van der Waals surface area contributed by atoms with Crippen LogP contribution in [0.4, 0.5) is 0 Å². The topological polar surface area (TPSA) is 29.1 Å². The van der Waals surface area contributed by atoms with Crippen LogP contribution in [-0.2, 0) is 11.2 Å². The van der Waals surface area contributed by atoms with Crippen LogP contribution >= 0.6 is 24.2 Å². The van der Waals surface area contributed by atoms with Crippen molar-refractivity contribution in [1.29, 1.82) is 0 Å². The third-order valence-corrected chi connectivity index (χ3v) is 2.33. The van der Waals surface area contributed by atoms with Gasteiger partial charge in [-0.25, -0.2) is 0 Å². The van der Waals surface area contributed by atoms with Crippen molar-refractivity contribution in [2.75, 3.05) is 12.3 Å². The van der Waals surface area contributed by atoms with Crippen molar-refractivity contribution < 1.29 is 4.79 Å². The van der Waals surface area contributed by atoms with Crippen LogP contribution in [0.5, 0.6) is 0 Å². The number of hydrogen-bond acceptors (Lipinski definition) is 2. The van der Waals surface area contributed by atoms with E-state index in [0.29, 0.717) is 6.54 Å². The molecule has 0 fully saturated rings. The number of rotatable bonds is 4. The maximum absolute atomic E-state index is 10.8. The molecule has 1 amide bonds. The summed E-state index contributed by atoms with van der Waals surface area (Å²) in [7, 11) is 0. The van der Waals surface area contributed by atoms with Crippen molar-refractivity contribution in [3.8, 4) is 0 Å². The summed E-state index contributed by atoms with van der Waals surface area (Å²) in [4.78, 5) is 10.8. The standard InChI is InChI=1S/C10H12ClNOS/c11-9-3-1-8(2-4-9)5-6-12-10(13)7-14/h1-4,14H,5-7H2,(H,12,13). The van der Waals surface area contributed by atoms with E-state index in [4.69, 9.17) is 11.6 Å². The van der Waals surface area contributed by atoms with E-state index in [1.165, 1.54) is 0 Å². The summed E-state index contributed by atoms with van der Waals surface area (Å²) < 4.78 is 0. The first-order valence-corrected chi connectivity index (χ1v) is 5.35. The molecule has 1 aromatic carbocycles. The highest BCUT2D eigenvalue weighted by Gasteiger charge is 1.97. The number of carbonyl (C=O) groups excluding carboxylic acids is 1. The van der Waals surface area contributed by atoms with Gasteiger partial charge in [-0.3, -0.25) is 4.79 Å². The number of amides is 1. The lowest BCUT2D eigenvalue weighted by molar-refractivity contribution is -0.118. The number of benzene rings is 1.